The first kappa shape index (κ1) is 13.1. The molecule has 0 radical (unpaired) electrons. The molecule has 2 amide bonds. The highest BCUT2D eigenvalue weighted by Crippen LogP contribution is 2.18. The molecule has 0 spiro atoms. The first-order valence-electron chi connectivity index (χ1n) is 5.81. The molecule has 1 aromatic heterocycles. The van der Waals surface area contributed by atoms with E-state index >= 15 is 0 Å². The zero-order valence-electron chi connectivity index (χ0n) is 11.0. The fourth-order valence-electron chi connectivity index (χ4n) is 1.76. The van der Waals surface area contributed by atoms with Gasteiger partial charge in [0.15, 0.2) is 0 Å². The van der Waals surface area contributed by atoms with Gasteiger partial charge in [0.2, 0.25) is 0 Å². The molecule has 0 fully saturated rings. The molecule has 0 aliphatic heterocycles. The molecule has 2 rings (SSSR count). The summed E-state index contributed by atoms with van der Waals surface area (Å²) in [6.07, 6.45) is 0. The fraction of sp³-hybridized carbons (Fsp3) is 0.231. The number of benzene rings is 1. The summed E-state index contributed by atoms with van der Waals surface area (Å²) in [5.74, 6) is -0.343. The second kappa shape index (κ2) is 5.09. The molecule has 1 aromatic carbocycles. The van der Waals surface area contributed by atoms with Gasteiger partial charge in [0.1, 0.15) is 5.82 Å². The maximum atomic E-state index is 12.7. The lowest BCUT2D eigenvalue weighted by Gasteiger charge is -2.07. The lowest BCUT2D eigenvalue weighted by molar-refractivity contribution is 0.262. The number of halogens is 1. The third kappa shape index (κ3) is 2.90. The number of nitrogens with zero attached hydrogens (tertiary/aromatic N) is 2. The van der Waals surface area contributed by atoms with E-state index in [1.165, 1.54) is 24.3 Å². The Balaban J connectivity index is 2.07. The summed E-state index contributed by atoms with van der Waals surface area (Å²) in [7, 11) is 1.81. The number of nitrogens with one attached hydrogen (secondary N) is 2. The standard InChI is InChI=1S/C13H15FN4O/c1-8-12(9(2)18(3)17-8)16-13(19)15-11-6-4-10(14)5-7-11/h4-7H,1-3H3,(H2,15,16,19). The number of amides is 2. The van der Waals surface area contributed by atoms with Crippen LogP contribution in [0, 0.1) is 19.7 Å². The van der Waals surface area contributed by atoms with Crippen LogP contribution in [0.15, 0.2) is 24.3 Å². The van der Waals surface area contributed by atoms with E-state index in [0.29, 0.717) is 11.4 Å². The Labute approximate surface area is 110 Å². The van der Waals surface area contributed by atoms with Crippen molar-refractivity contribution in [2.75, 3.05) is 10.6 Å². The van der Waals surface area contributed by atoms with E-state index in [1.807, 2.05) is 20.9 Å². The van der Waals surface area contributed by atoms with Crippen molar-refractivity contribution in [3.63, 3.8) is 0 Å². The highest BCUT2D eigenvalue weighted by atomic mass is 19.1. The van der Waals surface area contributed by atoms with Crippen LogP contribution in [0.1, 0.15) is 11.4 Å². The Morgan fingerprint density at radius 2 is 1.84 bits per heavy atom. The van der Waals surface area contributed by atoms with Crippen molar-refractivity contribution in [2.24, 2.45) is 7.05 Å². The van der Waals surface area contributed by atoms with Gasteiger partial charge in [0.25, 0.3) is 0 Å². The Kier molecular flexibility index (Phi) is 3.50. The van der Waals surface area contributed by atoms with Crippen LogP contribution in [0.4, 0.5) is 20.6 Å². The number of anilines is 2. The van der Waals surface area contributed by atoms with Crippen LogP contribution in [-0.4, -0.2) is 15.8 Å². The van der Waals surface area contributed by atoms with Crippen molar-refractivity contribution in [2.45, 2.75) is 13.8 Å². The maximum absolute atomic E-state index is 12.7. The SMILES string of the molecule is Cc1nn(C)c(C)c1NC(=O)Nc1ccc(F)cc1. The smallest absolute Gasteiger partial charge is 0.308 e. The monoisotopic (exact) mass is 262 g/mol. The lowest BCUT2D eigenvalue weighted by Crippen LogP contribution is -2.20. The van der Waals surface area contributed by atoms with E-state index in [2.05, 4.69) is 15.7 Å². The molecule has 2 N–H and O–H groups in total. The molecule has 0 saturated heterocycles. The van der Waals surface area contributed by atoms with Crippen molar-refractivity contribution in [1.82, 2.24) is 9.78 Å². The van der Waals surface area contributed by atoms with Gasteiger partial charge in [-0.05, 0) is 38.1 Å². The van der Waals surface area contributed by atoms with Crippen LogP contribution in [-0.2, 0) is 7.05 Å². The molecule has 1 heterocycles. The van der Waals surface area contributed by atoms with Crippen molar-refractivity contribution >= 4 is 17.4 Å². The van der Waals surface area contributed by atoms with Crippen molar-refractivity contribution in [3.8, 4) is 0 Å². The minimum Gasteiger partial charge on any atom is -0.308 e. The average Bonchev–Trinajstić information content (AvgIpc) is 2.59. The molecule has 0 aliphatic carbocycles. The predicted octanol–water partition coefficient (Wildman–Crippen LogP) is 2.82. The van der Waals surface area contributed by atoms with Crippen LogP contribution in [0.5, 0.6) is 0 Å². The molecule has 0 saturated carbocycles. The van der Waals surface area contributed by atoms with E-state index in [4.69, 9.17) is 0 Å². The van der Waals surface area contributed by atoms with Gasteiger partial charge in [-0.3, -0.25) is 4.68 Å². The van der Waals surface area contributed by atoms with Crippen LogP contribution >= 0.6 is 0 Å². The van der Waals surface area contributed by atoms with Crippen molar-refractivity contribution in [1.29, 1.82) is 0 Å². The summed E-state index contributed by atoms with van der Waals surface area (Å²) in [5, 5.41) is 9.57. The third-order valence-electron chi connectivity index (χ3n) is 2.85. The molecule has 0 aliphatic rings. The molecule has 5 nitrogen and oxygen atoms in total. The number of carbonyl (C=O) groups excluding carboxylic acids is 1. The molecule has 0 unspecified atom stereocenters. The summed E-state index contributed by atoms with van der Waals surface area (Å²) in [6, 6.07) is 5.19. The maximum Gasteiger partial charge on any atom is 0.323 e. The zero-order valence-corrected chi connectivity index (χ0v) is 11.0. The highest BCUT2D eigenvalue weighted by molar-refractivity contribution is 6.00. The summed E-state index contributed by atoms with van der Waals surface area (Å²) in [4.78, 5) is 11.8. The van der Waals surface area contributed by atoms with Crippen molar-refractivity contribution < 1.29 is 9.18 Å². The van der Waals surface area contributed by atoms with Gasteiger partial charge in [-0.25, -0.2) is 9.18 Å². The lowest BCUT2D eigenvalue weighted by atomic mass is 10.3. The van der Waals surface area contributed by atoms with E-state index < -0.39 is 0 Å². The number of urea groups is 1. The van der Waals surface area contributed by atoms with Crippen molar-refractivity contribution in [3.05, 3.63) is 41.5 Å². The molecule has 0 bridgehead atoms. The average molecular weight is 262 g/mol. The van der Waals surface area contributed by atoms with Crippen LogP contribution in [0.25, 0.3) is 0 Å². The second-order valence-corrected chi connectivity index (χ2v) is 4.26. The Morgan fingerprint density at radius 1 is 1.21 bits per heavy atom. The largest absolute Gasteiger partial charge is 0.323 e. The molecular weight excluding hydrogens is 247 g/mol. The number of aromatic nitrogens is 2. The fourth-order valence-corrected chi connectivity index (χ4v) is 1.76. The number of hydrogen-bond donors (Lipinski definition) is 2. The third-order valence-corrected chi connectivity index (χ3v) is 2.85. The highest BCUT2D eigenvalue weighted by Gasteiger charge is 2.12. The van der Waals surface area contributed by atoms with E-state index in [1.54, 1.807) is 4.68 Å². The van der Waals surface area contributed by atoms with E-state index in [9.17, 15) is 9.18 Å². The van der Waals surface area contributed by atoms with Gasteiger partial charge in [0, 0.05) is 12.7 Å². The van der Waals surface area contributed by atoms with Crippen LogP contribution in [0.3, 0.4) is 0 Å². The summed E-state index contributed by atoms with van der Waals surface area (Å²) < 4.78 is 14.4. The number of hydrogen-bond acceptors (Lipinski definition) is 2. The Morgan fingerprint density at radius 3 is 2.37 bits per heavy atom. The number of rotatable bonds is 2. The Bertz CT molecular complexity index is 604. The van der Waals surface area contributed by atoms with Gasteiger partial charge in [0.05, 0.1) is 17.1 Å². The van der Waals surface area contributed by atoms with Gasteiger partial charge >= 0.3 is 6.03 Å². The Hall–Kier alpha value is -2.37. The predicted molar refractivity (Wildman–Crippen MR) is 71.7 cm³/mol. The molecule has 19 heavy (non-hydrogen) atoms. The van der Waals surface area contributed by atoms with Gasteiger partial charge in [-0.1, -0.05) is 0 Å². The molecule has 0 atom stereocenters. The first-order valence-corrected chi connectivity index (χ1v) is 5.81. The molecule has 6 heteroatoms. The van der Waals surface area contributed by atoms with Crippen LogP contribution < -0.4 is 10.6 Å². The van der Waals surface area contributed by atoms with Crippen LogP contribution in [0.2, 0.25) is 0 Å². The first-order chi connectivity index (χ1) is 8.97. The molecule has 100 valence electrons. The number of aryl methyl sites for hydroxylation is 2. The van der Waals surface area contributed by atoms with E-state index in [0.717, 1.165) is 11.4 Å². The summed E-state index contributed by atoms with van der Waals surface area (Å²) >= 11 is 0. The van der Waals surface area contributed by atoms with E-state index in [-0.39, 0.29) is 11.8 Å². The summed E-state index contributed by atoms with van der Waals surface area (Å²) in [5.41, 5.74) is 2.82. The normalized spacial score (nSPS) is 10.3. The zero-order chi connectivity index (χ0) is 14.0. The quantitative estimate of drug-likeness (QED) is 0.874. The van der Waals surface area contributed by atoms with Gasteiger partial charge in [-0.2, -0.15) is 5.10 Å². The molecular formula is C13H15FN4O. The van der Waals surface area contributed by atoms with Gasteiger partial charge < -0.3 is 10.6 Å². The molecule has 2 aromatic rings. The van der Waals surface area contributed by atoms with Gasteiger partial charge in [-0.15, -0.1) is 0 Å². The summed E-state index contributed by atoms with van der Waals surface area (Å²) in [6.45, 7) is 3.69. The topological polar surface area (TPSA) is 59.0 Å². The second-order valence-electron chi connectivity index (χ2n) is 4.26. The minimum atomic E-state index is -0.384. The number of carbonyl (C=O) groups is 1. The minimum absolute atomic E-state index is 0.343.